The first-order valence-electron chi connectivity index (χ1n) is 9.87. The SMILES string of the molecule is COc1ccc(-c2ccc(C(=O)N3CCN(C(=O)c4ccc(Cl)cc4)CC3)cc2)nn1. The third-order valence-corrected chi connectivity index (χ3v) is 5.47. The van der Waals surface area contributed by atoms with Gasteiger partial charge in [-0.2, -0.15) is 0 Å². The molecule has 4 rings (SSSR count). The van der Waals surface area contributed by atoms with Crippen LogP contribution in [0.3, 0.4) is 0 Å². The Balaban J connectivity index is 1.37. The number of carbonyl (C=O) groups is 2. The van der Waals surface area contributed by atoms with Gasteiger partial charge in [0.1, 0.15) is 0 Å². The Hall–Kier alpha value is -3.45. The molecule has 2 aromatic carbocycles. The van der Waals surface area contributed by atoms with E-state index in [0.717, 1.165) is 5.56 Å². The van der Waals surface area contributed by atoms with E-state index < -0.39 is 0 Å². The fourth-order valence-corrected chi connectivity index (χ4v) is 3.56. The maximum Gasteiger partial charge on any atom is 0.253 e. The van der Waals surface area contributed by atoms with Crippen LogP contribution in [0.5, 0.6) is 5.88 Å². The molecule has 31 heavy (non-hydrogen) atoms. The van der Waals surface area contributed by atoms with Crippen molar-refractivity contribution in [3.63, 3.8) is 0 Å². The molecule has 0 aliphatic carbocycles. The summed E-state index contributed by atoms with van der Waals surface area (Å²) in [5.41, 5.74) is 2.77. The summed E-state index contributed by atoms with van der Waals surface area (Å²) in [4.78, 5) is 29.0. The number of methoxy groups -OCH3 is 1. The van der Waals surface area contributed by atoms with Crippen molar-refractivity contribution in [2.24, 2.45) is 0 Å². The van der Waals surface area contributed by atoms with Crippen LogP contribution >= 0.6 is 11.6 Å². The fraction of sp³-hybridized carbons (Fsp3) is 0.217. The van der Waals surface area contributed by atoms with Gasteiger partial charge in [0.2, 0.25) is 5.88 Å². The van der Waals surface area contributed by atoms with Crippen molar-refractivity contribution in [1.29, 1.82) is 0 Å². The first-order chi connectivity index (χ1) is 15.0. The molecule has 7 nitrogen and oxygen atoms in total. The molecular weight excluding hydrogens is 416 g/mol. The molecule has 0 N–H and O–H groups in total. The Morgan fingerprint density at radius 1 is 0.774 bits per heavy atom. The lowest BCUT2D eigenvalue weighted by Crippen LogP contribution is -2.50. The number of nitrogens with zero attached hydrogens (tertiary/aromatic N) is 4. The maximum atomic E-state index is 12.9. The predicted octanol–water partition coefficient (Wildman–Crippen LogP) is 3.40. The summed E-state index contributed by atoms with van der Waals surface area (Å²) < 4.78 is 5.02. The van der Waals surface area contributed by atoms with Gasteiger partial charge in [-0.1, -0.05) is 23.7 Å². The molecule has 1 aliphatic rings. The number of aromatic nitrogens is 2. The highest BCUT2D eigenvalue weighted by Gasteiger charge is 2.25. The zero-order chi connectivity index (χ0) is 21.8. The minimum atomic E-state index is -0.0500. The summed E-state index contributed by atoms with van der Waals surface area (Å²) in [5.74, 6) is 0.351. The Kier molecular flexibility index (Phi) is 6.13. The van der Waals surface area contributed by atoms with E-state index in [1.54, 1.807) is 52.3 Å². The molecule has 2 amide bonds. The van der Waals surface area contributed by atoms with Crippen molar-refractivity contribution in [1.82, 2.24) is 20.0 Å². The summed E-state index contributed by atoms with van der Waals surface area (Å²) in [6.07, 6.45) is 0. The lowest BCUT2D eigenvalue weighted by atomic mass is 10.1. The van der Waals surface area contributed by atoms with Crippen molar-refractivity contribution in [2.75, 3.05) is 33.3 Å². The molecule has 0 unspecified atom stereocenters. The summed E-state index contributed by atoms with van der Waals surface area (Å²) in [7, 11) is 1.54. The van der Waals surface area contributed by atoms with Gasteiger partial charge in [-0.05, 0) is 42.5 Å². The van der Waals surface area contributed by atoms with Crippen LogP contribution in [0.1, 0.15) is 20.7 Å². The van der Waals surface area contributed by atoms with Gasteiger partial charge in [-0.15, -0.1) is 10.2 Å². The van der Waals surface area contributed by atoms with Crippen LogP contribution in [0.15, 0.2) is 60.7 Å². The molecule has 0 saturated carbocycles. The second kappa shape index (κ2) is 9.14. The largest absolute Gasteiger partial charge is 0.480 e. The summed E-state index contributed by atoms with van der Waals surface area (Å²) in [6, 6.07) is 17.7. The van der Waals surface area contributed by atoms with Crippen LogP contribution in [0.25, 0.3) is 11.3 Å². The van der Waals surface area contributed by atoms with Gasteiger partial charge in [0.25, 0.3) is 11.8 Å². The van der Waals surface area contributed by atoms with Crippen LogP contribution in [0.2, 0.25) is 5.02 Å². The first-order valence-corrected chi connectivity index (χ1v) is 10.3. The highest BCUT2D eigenvalue weighted by Crippen LogP contribution is 2.20. The molecule has 0 atom stereocenters. The van der Waals surface area contributed by atoms with Crippen molar-refractivity contribution in [3.05, 3.63) is 76.8 Å². The molecule has 0 spiro atoms. The van der Waals surface area contributed by atoms with Crippen molar-refractivity contribution in [3.8, 4) is 17.1 Å². The smallest absolute Gasteiger partial charge is 0.253 e. The van der Waals surface area contributed by atoms with Gasteiger partial charge in [0.05, 0.1) is 12.8 Å². The zero-order valence-corrected chi connectivity index (χ0v) is 17.7. The predicted molar refractivity (Wildman–Crippen MR) is 117 cm³/mol. The van der Waals surface area contributed by atoms with E-state index in [1.165, 1.54) is 7.11 Å². The number of hydrogen-bond acceptors (Lipinski definition) is 5. The van der Waals surface area contributed by atoms with E-state index in [0.29, 0.717) is 53.9 Å². The Labute approximate surface area is 185 Å². The molecular formula is C23H21ClN4O3. The minimum absolute atomic E-state index is 0.0475. The molecule has 1 fully saturated rings. The second-order valence-corrected chi connectivity index (χ2v) is 7.57. The monoisotopic (exact) mass is 436 g/mol. The number of ether oxygens (including phenoxy) is 1. The van der Waals surface area contributed by atoms with Gasteiger partial charge >= 0.3 is 0 Å². The van der Waals surface area contributed by atoms with E-state index in [1.807, 2.05) is 18.2 Å². The highest BCUT2D eigenvalue weighted by atomic mass is 35.5. The van der Waals surface area contributed by atoms with Gasteiger partial charge in [-0.25, -0.2) is 0 Å². The minimum Gasteiger partial charge on any atom is -0.480 e. The first kappa shape index (κ1) is 20.8. The molecule has 0 bridgehead atoms. The zero-order valence-electron chi connectivity index (χ0n) is 17.0. The van der Waals surface area contributed by atoms with Crippen molar-refractivity contribution in [2.45, 2.75) is 0 Å². The highest BCUT2D eigenvalue weighted by molar-refractivity contribution is 6.30. The molecule has 2 heterocycles. The number of hydrogen-bond donors (Lipinski definition) is 0. The molecule has 8 heteroatoms. The Morgan fingerprint density at radius 3 is 1.74 bits per heavy atom. The molecule has 1 saturated heterocycles. The van der Waals surface area contributed by atoms with Gasteiger partial charge in [-0.3, -0.25) is 9.59 Å². The Morgan fingerprint density at radius 2 is 1.29 bits per heavy atom. The van der Waals surface area contributed by atoms with Crippen LogP contribution in [-0.2, 0) is 0 Å². The van der Waals surface area contributed by atoms with Crippen LogP contribution in [-0.4, -0.2) is 65.1 Å². The quantitative estimate of drug-likeness (QED) is 0.626. The molecule has 1 aliphatic heterocycles. The number of amides is 2. The van der Waals surface area contributed by atoms with Crippen LogP contribution in [0.4, 0.5) is 0 Å². The summed E-state index contributed by atoms with van der Waals surface area (Å²) in [5, 5.41) is 8.68. The number of benzene rings is 2. The van der Waals surface area contributed by atoms with Gasteiger partial charge in [0.15, 0.2) is 0 Å². The number of rotatable bonds is 4. The maximum absolute atomic E-state index is 12.9. The standard InChI is InChI=1S/C23H21ClN4O3/c1-31-21-11-10-20(25-26-21)16-2-4-17(5-3-16)22(29)27-12-14-28(15-13-27)23(30)18-6-8-19(24)9-7-18/h2-11H,12-15H2,1H3. The van der Waals surface area contributed by atoms with E-state index in [9.17, 15) is 9.59 Å². The third-order valence-electron chi connectivity index (χ3n) is 5.22. The van der Waals surface area contributed by atoms with E-state index >= 15 is 0 Å². The van der Waals surface area contributed by atoms with Crippen molar-refractivity contribution >= 4 is 23.4 Å². The summed E-state index contributed by atoms with van der Waals surface area (Å²) in [6.45, 7) is 1.97. The molecule has 0 radical (unpaired) electrons. The molecule has 158 valence electrons. The van der Waals surface area contributed by atoms with E-state index in [2.05, 4.69) is 10.2 Å². The van der Waals surface area contributed by atoms with Gasteiger partial charge in [0, 0.05) is 54.0 Å². The van der Waals surface area contributed by atoms with Crippen LogP contribution in [0, 0.1) is 0 Å². The van der Waals surface area contributed by atoms with E-state index in [4.69, 9.17) is 16.3 Å². The lowest BCUT2D eigenvalue weighted by molar-refractivity contribution is 0.0535. The average Bonchev–Trinajstić information content (AvgIpc) is 2.84. The average molecular weight is 437 g/mol. The van der Waals surface area contributed by atoms with Crippen molar-refractivity contribution < 1.29 is 14.3 Å². The second-order valence-electron chi connectivity index (χ2n) is 7.13. The Bertz CT molecular complexity index is 1060. The molecule has 1 aromatic heterocycles. The number of halogens is 1. The topological polar surface area (TPSA) is 75.6 Å². The fourth-order valence-electron chi connectivity index (χ4n) is 3.44. The van der Waals surface area contributed by atoms with Crippen LogP contribution < -0.4 is 4.74 Å². The number of carbonyl (C=O) groups excluding carboxylic acids is 2. The third kappa shape index (κ3) is 4.67. The summed E-state index contributed by atoms with van der Waals surface area (Å²) >= 11 is 5.89. The van der Waals surface area contributed by atoms with E-state index in [-0.39, 0.29) is 11.8 Å². The number of piperazine rings is 1. The normalized spacial score (nSPS) is 13.7. The molecule has 3 aromatic rings. The van der Waals surface area contributed by atoms with Gasteiger partial charge < -0.3 is 14.5 Å². The lowest BCUT2D eigenvalue weighted by Gasteiger charge is -2.35.